The quantitative estimate of drug-likeness (QED) is 0.896. The minimum atomic E-state index is 0.632. The normalized spacial score (nSPS) is 18.7. The molecule has 3 rings (SSSR count). The summed E-state index contributed by atoms with van der Waals surface area (Å²) in [4.78, 5) is 0. The largest absolute Gasteiger partial charge is 0.384 e. The Morgan fingerprint density at radius 3 is 2.60 bits per heavy atom. The minimum Gasteiger partial charge on any atom is -0.384 e. The van der Waals surface area contributed by atoms with E-state index in [2.05, 4.69) is 59.9 Å². The standard InChI is InChI=1S/C18H21NO/c1-2-8-16(9-3-1)17-10-4-5-11-18(17)19-13-15-7-6-12-20-14-15/h1-5,8-11,15,19H,6-7,12-14H2. The van der Waals surface area contributed by atoms with Crippen molar-refractivity contribution in [2.45, 2.75) is 12.8 Å². The van der Waals surface area contributed by atoms with Crippen molar-refractivity contribution < 1.29 is 4.74 Å². The molecule has 0 amide bonds. The maximum atomic E-state index is 5.55. The van der Waals surface area contributed by atoms with E-state index in [1.54, 1.807) is 0 Å². The fourth-order valence-electron chi connectivity index (χ4n) is 2.73. The predicted octanol–water partition coefficient (Wildman–Crippen LogP) is 4.19. The highest BCUT2D eigenvalue weighted by Gasteiger charge is 2.14. The van der Waals surface area contributed by atoms with Crippen molar-refractivity contribution in [2.75, 3.05) is 25.1 Å². The van der Waals surface area contributed by atoms with Gasteiger partial charge in [-0.2, -0.15) is 0 Å². The molecule has 1 heterocycles. The number of benzene rings is 2. The van der Waals surface area contributed by atoms with Crippen LogP contribution in [0.2, 0.25) is 0 Å². The van der Waals surface area contributed by atoms with Gasteiger partial charge in [0.2, 0.25) is 0 Å². The molecule has 0 aromatic heterocycles. The number of anilines is 1. The first kappa shape index (κ1) is 13.2. The van der Waals surface area contributed by atoms with Gasteiger partial charge in [-0.15, -0.1) is 0 Å². The lowest BCUT2D eigenvalue weighted by atomic mass is 10.0. The van der Waals surface area contributed by atoms with E-state index in [4.69, 9.17) is 4.74 Å². The van der Waals surface area contributed by atoms with E-state index in [0.29, 0.717) is 5.92 Å². The highest BCUT2D eigenvalue weighted by Crippen LogP contribution is 2.28. The van der Waals surface area contributed by atoms with Gasteiger partial charge < -0.3 is 10.1 Å². The van der Waals surface area contributed by atoms with Crippen molar-refractivity contribution in [1.82, 2.24) is 0 Å². The molecule has 1 fully saturated rings. The van der Waals surface area contributed by atoms with Crippen LogP contribution < -0.4 is 5.32 Å². The number of rotatable bonds is 4. The van der Waals surface area contributed by atoms with Crippen molar-refractivity contribution in [3.63, 3.8) is 0 Å². The fourth-order valence-corrected chi connectivity index (χ4v) is 2.73. The summed E-state index contributed by atoms with van der Waals surface area (Å²) < 4.78 is 5.55. The van der Waals surface area contributed by atoms with Crippen LogP contribution in [0.5, 0.6) is 0 Å². The SMILES string of the molecule is c1ccc(-c2ccccc2NCC2CCCOC2)cc1. The monoisotopic (exact) mass is 267 g/mol. The van der Waals surface area contributed by atoms with Gasteiger partial charge in [-0.1, -0.05) is 48.5 Å². The maximum absolute atomic E-state index is 5.55. The molecule has 0 aliphatic carbocycles. The molecule has 104 valence electrons. The Hall–Kier alpha value is -1.80. The first-order valence-electron chi connectivity index (χ1n) is 7.39. The van der Waals surface area contributed by atoms with Crippen LogP contribution in [0.15, 0.2) is 54.6 Å². The van der Waals surface area contributed by atoms with Crippen molar-refractivity contribution in [3.05, 3.63) is 54.6 Å². The van der Waals surface area contributed by atoms with Crippen LogP contribution in [-0.4, -0.2) is 19.8 Å². The molecular weight excluding hydrogens is 246 g/mol. The lowest BCUT2D eigenvalue weighted by Crippen LogP contribution is -2.24. The minimum absolute atomic E-state index is 0.632. The molecule has 0 radical (unpaired) electrons. The van der Waals surface area contributed by atoms with Crippen LogP contribution in [0, 0.1) is 5.92 Å². The summed E-state index contributed by atoms with van der Waals surface area (Å²) in [6, 6.07) is 19.1. The molecular formula is C18H21NO. The zero-order valence-corrected chi connectivity index (χ0v) is 11.7. The predicted molar refractivity (Wildman–Crippen MR) is 83.9 cm³/mol. The molecule has 0 bridgehead atoms. The molecule has 1 saturated heterocycles. The van der Waals surface area contributed by atoms with Gasteiger partial charge in [-0.3, -0.25) is 0 Å². The zero-order valence-electron chi connectivity index (χ0n) is 11.7. The molecule has 2 heteroatoms. The number of hydrogen-bond donors (Lipinski definition) is 1. The fraction of sp³-hybridized carbons (Fsp3) is 0.333. The summed E-state index contributed by atoms with van der Waals surface area (Å²) in [6.45, 7) is 2.81. The van der Waals surface area contributed by atoms with E-state index in [-0.39, 0.29) is 0 Å². The van der Waals surface area contributed by atoms with Crippen LogP contribution in [0.4, 0.5) is 5.69 Å². The van der Waals surface area contributed by atoms with Gasteiger partial charge >= 0.3 is 0 Å². The summed E-state index contributed by atoms with van der Waals surface area (Å²) >= 11 is 0. The third kappa shape index (κ3) is 3.20. The summed E-state index contributed by atoms with van der Waals surface area (Å²) in [7, 11) is 0. The molecule has 0 spiro atoms. The van der Waals surface area contributed by atoms with Crippen LogP contribution in [0.1, 0.15) is 12.8 Å². The second-order valence-corrected chi connectivity index (χ2v) is 5.38. The summed E-state index contributed by atoms with van der Waals surface area (Å²) in [5.41, 5.74) is 3.74. The van der Waals surface area contributed by atoms with Crippen LogP contribution in [0.3, 0.4) is 0 Å². The van der Waals surface area contributed by atoms with E-state index in [1.807, 2.05) is 0 Å². The van der Waals surface area contributed by atoms with Crippen molar-refractivity contribution >= 4 is 5.69 Å². The number of ether oxygens (including phenoxy) is 1. The van der Waals surface area contributed by atoms with E-state index >= 15 is 0 Å². The topological polar surface area (TPSA) is 21.3 Å². The maximum Gasteiger partial charge on any atom is 0.0511 e. The second kappa shape index (κ2) is 6.58. The van der Waals surface area contributed by atoms with Crippen molar-refractivity contribution in [1.29, 1.82) is 0 Å². The van der Waals surface area contributed by atoms with Crippen molar-refractivity contribution in [2.24, 2.45) is 5.92 Å². The Bertz CT molecular complexity index is 532. The highest BCUT2D eigenvalue weighted by atomic mass is 16.5. The first-order valence-corrected chi connectivity index (χ1v) is 7.39. The Kier molecular flexibility index (Phi) is 4.34. The summed E-state index contributed by atoms with van der Waals surface area (Å²) in [5.74, 6) is 0.632. The van der Waals surface area contributed by atoms with Gasteiger partial charge in [-0.25, -0.2) is 0 Å². The smallest absolute Gasteiger partial charge is 0.0511 e. The average Bonchev–Trinajstić information content (AvgIpc) is 2.55. The number of hydrogen-bond acceptors (Lipinski definition) is 2. The third-order valence-electron chi connectivity index (χ3n) is 3.85. The molecule has 1 aliphatic rings. The Morgan fingerprint density at radius 1 is 1.00 bits per heavy atom. The zero-order chi connectivity index (χ0) is 13.6. The molecule has 1 unspecified atom stereocenters. The Labute approximate surface area is 120 Å². The molecule has 2 aromatic carbocycles. The van der Waals surface area contributed by atoms with Crippen LogP contribution in [-0.2, 0) is 4.74 Å². The van der Waals surface area contributed by atoms with Gasteiger partial charge in [0.05, 0.1) is 6.61 Å². The number of para-hydroxylation sites is 1. The molecule has 20 heavy (non-hydrogen) atoms. The van der Waals surface area contributed by atoms with E-state index in [9.17, 15) is 0 Å². The molecule has 0 saturated carbocycles. The lowest BCUT2D eigenvalue weighted by Gasteiger charge is -2.23. The van der Waals surface area contributed by atoms with Gasteiger partial charge in [0.25, 0.3) is 0 Å². The Morgan fingerprint density at radius 2 is 1.80 bits per heavy atom. The summed E-state index contributed by atoms with van der Waals surface area (Å²) in [5, 5.41) is 3.60. The van der Waals surface area contributed by atoms with Crippen LogP contribution >= 0.6 is 0 Å². The lowest BCUT2D eigenvalue weighted by molar-refractivity contribution is 0.0595. The molecule has 2 aromatic rings. The second-order valence-electron chi connectivity index (χ2n) is 5.38. The van der Waals surface area contributed by atoms with Gasteiger partial charge in [0, 0.05) is 24.4 Å². The van der Waals surface area contributed by atoms with E-state index in [1.165, 1.54) is 29.7 Å². The molecule has 1 aliphatic heterocycles. The van der Waals surface area contributed by atoms with Crippen molar-refractivity contribution in [3.8, 4) is 11.1 Å². The molecule has 2 nitrogen and oxygen atoms in total. The molecule has 1 atom stereocenters. The van der Waals surface area contributed by atoms with Crippen LogP contribution in [0.25, 0.3) is 11.1 Å². The highest BCUT2D eigenvalue weighted by molar-refractivity contribution is 5.77. The first-order chi connectivity index (χ1) is 9.93. The van der Waals surface area contributed by atoms with Gasteiger partial charge in [0.15, 0.2) is 0 Å². The van der Waals surface area contributed by atoms with Gasteiger partial charge in [-0.05, 0) is 30.4 Å². The third-order valence-corrected chi connectivity index (χ3v) is 3.85. The Balaban J connectivity index is 1.73. The average molecular weight is 267 g/mol. The van der Waals surface area contributed by atoms with Gasteiger partial charge in [0.1, 0.15) is 0 Å². The van der Waals surface area contributed by atoms with E-state index in [0.717, 1.165) is 19.8 Å². The van der Waals surface area contributed by atoms with E-state index < -0.39 is 0 Å². The molecule has 1 N–H and O–H groups in total. The number of nitrogens with one attached hydrogen (secondary N) is 1. The summed E-state index contributed by atoms with van der Waals surface area (Å²) in [6.07, 6.45) is 2.45.